The molecule has 8 heteroatoms. The normalized spacial score (nSPS) is 12.2. The molecular weight excluding hydrogens is 472 g/mol. The summed E-state index contributed by atoms with van der Waals surface area (Å²) in [4.78, 5) is 33.1. The fraction of sp³-hybridized carbons (Fsp3) is 0.375. The molecule has 0 radical (unpaired) electrons. The topological polar surface area (TPSA) is 76.5 Å². The zero-order chi connectivity index (χ0) is 23.3. The lowest BCUT2D eigenvalue weighted by molar-refractivity contribution is 0.169. The lowest BCUT2D eigenvalue weighted by Gasteiger charge is -2.32. The standard InChI is InChI=1S/C24H29BrN4O3/c1-16(2)15-29(24(31)27-21-12-8-6-10-19(21)25)17(3)22-26-20-11-7-5-9-18(20)23(30)28(22)13-14-32-4/h5-12,16-17H,13-15H2,1-4H3,(H,27,31). The second-order valence-electron chi connectivity index (χ2n) is 8.07. The molecule has 1 aromatic heterocycles. The maximum Gasteiger partial charge on any atom is 0.322 e. The third-order valence-corrected chi connectivity index (χ3v) is 5.88. The number of rotatable bonds is 8. The van der Waals surface area contributed by atoms with Gasteiger partial charge in [-0.15, -0.1) is 0 Å². The van der Waals surface area contributed by atoms with E-state index in [1.165, 1.54) is 0 Å². The smallest absolute Gasteiger partial charge is 0.322 e. The fourth-order valence-electron chi connectivity index (χ4n) is 3.60. The van der Waals surface area contributed by atoms with Crippen molar-refractivity contribution in [3.05, 3.63) is 69.2 Å². The van der Waals surface area contributed by atoms with Gasteiger partial charge in [0, 0.05) is 18.1 Å². The number of fused-ring (bicyclic) bond motifs is 1. The van der Waals surface area contributed by atoms with Gasteiger partial charge in [0.05, 0.1) is 35.8 Å². The van der Waals surface area contributed by atoms with Gasteiger partial charge in [0.15, 0.2) is 0 Å². The van der Waals surface area contributed by atoms with Gasteiger partial charge in [-0.05, 0) is 53.0 Å². The van der Waals surface area contributed by atoms with Crippen molar-refractivity contribution >= 4 is 38.6 Å². The van der Waals surface area contributed by atoms with Crippen LogP contribution in [0, 0.1) is 5.92 Å². The monoisotopic (exact) mass is 500 g/mol. The highest BCUT2D eigenvalue weighted by molar-refractivity contribution is 9.10. The lowest BCUT2D eigenvalue weighted by atomic mass is 10.1. The molecule has 7 nitrogen and oxygen atoms in total. The van der Waals surface area contributed by atoms with Crippen molar-refractivity contribution in [2.75, 3.05) is 25.6 Å². The summed E-state index contributed by atoms with van der Waals surface area (Å²) >= 11 is 3.48. The molecule has 1 N–H and O–H groups in total. The highest BCUT2D eigenvalue weighted by Gasteiger charge is 2.27. The van der Waals surface area contributed by atoms with Crippen molar-refractivity contribution in [1.82, 2.24) is 14.5 Å². The molecule has 1 unspecified atom stereocenters. The molecule has 170 valence electrons. The lowest BCUT2D eigenvalue weighted by Crippen LogP contribution is -2.42. The molecule has 0 aliphatic rings. The Labute approximate surface area is 196 Å². The molecule has 2 amide bonds. The summed E-state index contributed by atoms with van der Waals surface area (Å²) in [6.07, 6.45) is 0. The van der Waals surface area contributed by atoms with Crippen LogP contribution in [0.2, 0.25) is 0 Å². The predicted octanol–water partition coefficient (Wildman–Crippen LogP) is 5.06. The summed E-state index contributed by atoms with van der Waals surface area (Å²) in [5.41, 5.74) is 1.16. The molecule has 0 spiro atoms. The average Bonchev–Trinajstić information content (AvgIpc) is 2.77. The first kappa shape index (κ1) is 23.9. The van der Waals surface area contributed by atoms with Gasteiger partial charge in [-0.25, -0.2) is 9.78 Å². The number of aromatic nitrogens is 2. The van der Waals surface area contributed by atoms with E-state index in [0.29, 0.717) is 42.1 Å². The van der Waals surface area contributed by atoms with Crippen molar-refractivity contribution in [3.8, 4) is 0 Å². The van der Waals surface area contributed by atoms with Gasteiger partial charge in [-0.3, -0.25) is 9.36 Å². The highest BCUT2D eigenvalue weighted by atomic mass is 79.9. The molecule has 3 aromatic rings. The van der Waals surface area contributed by atoms with Gasteiger partial charge < -0.3 is 15.0 Å². The first-order chi connectivity index (χ1) is 15.3. The number of nitrogens with zero attached hydrogens (tertiary/aromatic N) is 3. The maximum atomic E-state index is 13.3. The molecule has 0 aliphatic heterocycles. The third kappa shape index (κ3) is 5.37. The molecule has 0 aliphatic carbocycles. The summed E-state index contributed by atoms with van der Waals surface area (Å²) in [5, 5.41) is 3.53. The van der Waals surface area contributed by atoms with E-state index in [2.05, 4.69) is 35.1 Å². The van der Waals surface area contributed by atoms with E-state index in [0.717, 1.165) is 4.47 Å². The number of hydrogen-bond donors (Lipinski definition) is 1. The Bertz CT molecular complexity index is 1150. The second kappa shape index (κ2) is 10.7. The van der Waals surface area contributed by atoms with Crippen LogP contribution >= 0.6 is 15.9 Å². The summed E-state index contributed by atoms with van der Waals surface area (Å²) in [6.45, 7) is 7.24. The van der Waals surface area contributed by atoms with E-state index in [-0.39, 0.29) is 17.5 Å². The van der Waals surface area contributed by atoms with E-state index >= 15 is 0 Å². The first-order valence-corrected chi connectivity index (χ1v) is 11.4. The van der Waals surface area contributed by atoms with E-state index in [1.54, 1.807) is 22.6 Å². The minimum atomic E-state index is -0.436. The minimum Gasteiger partial charge on any atom is -0.383 e. The molecule has 0 saturated heterocycles. The van der Waals surface area contributed by atoms with Crippen molar-refractivity contribution in [2.45, 2.75) is 33.4 Å². The van der Waals surface area contributed by atoms with E-state index in [1.807, 2.05) is 49.4 Å². The van der Waals surface area contributed by atoms with Gasteiger partial charge in [0.1, 0.15) is 5.82 Å². The number of carbonyl (C=O) groups excluding carboxylic acids is 1. The predicted molar refractivity (Wildman–Crippen MR) is 131 cm³/mol. The molecule has 0 bridgehead atoms. The largest absolute Gasteiger partial charge is 0.383 e. The Morgan fingerprint density at radius 2 is 1.84 bits per heavy atom. The van der Waals surface area contributed by atoms with Gasteiger partial charge in [-0.2, -0.15) is 0 Å². The molecule has 3 rings (SSSR count). The number of benzene rings is 2. The molecule has 0 fully saturated rings. The number of carbonyl (C=O) groups is 1. The number of nitrogens with one attached hydrogen (secondary N) is 1. The van der Waals surface area contributed by atoms with Crippen LogP contribution in [0.3, 0.4) is 0 Å². The zero-order valence-electron chi connectivity index (χ0n) is 18.8. The van der Waals surface area contributed by atoms with Crippen molar-refractivity contribution in [1.29, 1.82) is 0 Å². The molecule has 1 heterocycles. The number of halogens is 1. The molecule has 1 atom stereocenters. The van der Waals surface area contributed by atoms with Crippen LogP contribution in [0.1, 0.15) is 32.6 Å². The first-order valence-electron chi connectivity index (χ1n) is 10.6. The van der Waals surface area contributed by atoms with Crippen molar-refractivity contribution in [2.24, 2.45) is 5.92 Å². The number of methoxy groups -OCH3 is 1. The van der Waals surface area contributed by atoms with E-state index < -0.39 is 6.04 Å². The molecule has 0 saturated carbocycles. The Hall–Kier alpha value is -2.71. The number of anilines is 1. The van der Waals surface area contributed by atoms with Crippen LogP contribution < -0.4 is 10.9 Å². The SMILES string of the molecule is COCCn1c(C(C)N(CC(C)C)C(=O)Nc2ccccc2Br)nc2ccccc2c1=O. The summed E-state index contributed by atoms with van der Waals surface area (Å²) in [7, 11) is 1.60. The summed E-state index contributed by atoms with van der Waals surface area (Å²) < 4.78 is 7.64. The van der Waals surface area contributed by atoms with E-state index in [4.69, 9.17) is 9.72 Å². The van der Waals surface area contributed by atoms with Crippen LogP contribution in [0.4, 0.5) is 10.5 Å². The minimum absolute atomic E-state index is 0.134. The van der Waals surface area contributed by atoms with Gasteiger partial charge in [-0.1, -0.05) is 38.1 Å². The van der Waals surface area contributed by atoms with Gasteiger partial charge >= 0.3 is 6.03 Å². The summed E-state index contributed by atoms with van der Waals surface area (Å²) in [6, 6.07) is 14.1. The Kier molecular flexibility index (Phi) is 8.04. The van der Waals surface area contributed by atoms with Crippen molar-refractivity contribution in [3.63, 3.8) is 0 Å². The summed E-state index contributed by atoms with van der Waals surface area (Å²) in [5.74, 6) is 0.760. The Balaban J connectivity index is 2.05. The maximum absolute atomic E-state index is 13.3. The number of amides is 2. The molecule has 2 aromatic carbocycles. The molecule has 32 heavy (non-hydrogen) atoms. The Morgan fingerprint density at radius 3 is 2.53 bits per heavy atom. The van der Waals surface area contributed by atoms with Crippen LogP contribution in [-0.4, -0.2) is 40.7 Å². The van der Waals surface area contributed by atoms with Crippen LogP contribution in [0.25, 0.3) is 10.9 Å². The fourth-order valence-corrected chi connectivity index (χ4v) is 3.99. The van der Waals surface area contributed by atoms with Gasteiger partial charge in [0.2, 0.25) is 0 Å². The van der Waals surface area contributed by atoms with Crippen LogP contribution in [0.15, 0.2) is 57.8 Å². The van der Waals surface area contributed by atoms with Crippen molar-refractivity contribution < 1.29 is 9.53 Å². The van der Waals surface area contributed by atoms with Crippen LogP contribution in [-0.2, 0) is 11.3 Å². The number of ether oxygens (including phenoxy) is 1. The van der Waals surface area contributed by atoms with E-state index in [9.17, 15) is 9.59 Å². The number of urea groups is 1. The number of hydrogen-bond acceptors (Lipinski definition) is 4. The molecular formula is C24H29BrN4O3. The third-order valence-electron chi connectivity index (χ3n) is 5.19. The quantitative estimate of drug-likeness (QED) is 0.469. The second-order valence-corrected chi connectivity index (χ2v) is 8.92. The number of para-hydroxylation sites is 2. The Morgan fingerprint density at radius 1 is 1.16 bits per heavy atom. The van der Waals surface area contributed by atoms with Gasteiger partial charge in [0.25, 0.3) is 5.56 Å². The zero-order valence-corrected chi connectivity index (χ0v) is 20.4. The van der Waals surface area contributed by atoms with Crippen LogP contribution in [0.5, 0.6) is 0 Å². The highest BCUT2D eigenvalue weighted by Crippen LogP contribution is 2.25. The average molecular weight is 501 g/mol.